The molecule has 0 N–H and O–H groups in total. The molecule has 0 unspecified atom stereocenters. The lowest BCUT2D eigenvalue weighted by Gasteiger charge is -2.38. The Morgan fingerprint density at radius 1 is 1.06 bits per heavy atom. The highest BCUT2D eigenvalue weighted by atomic mass is 16.2. The van der Waals surface area contributed by atoms with E-state index in [0.29, 0.717) is 11.3 Å². The van der Waals surface area contributed by atoms with Crippen LogP contribution in [0, 0.1) is 24.8 Å². The number of aryl methyl sites for hydroxylation is 1. The first kappa shape index (κ1) is 21.2. The second-order valence-corrected chi connectivity index (χ2v) is 8.30. The third-order valence-corrected chi connectivity index (χ3v) is 6.34. The number of carbonyl (C=O) groups is 1. The molecule has 1 aliphatic rings. The number of rotatable bonds is 4. The van der Waals surface area contributed by atoms with Crippen molar-refractivity contribution in [2.45, 2.75) is 38.8 Å². The van der Waals surface area contributed by atoms with E-state index in [1.165, 1.54) is 0 Å². The number of amides is 2. The first-order valence-corrected chi connectivity index (χ1v) is 10.6. The van der Waals surface area contributed by atoms with Crippen molar-refractivity contribution in [1.29, 1.82) is 5.26 Å². The van der Waals surface area contributed by atoms with Crippen LogP contribution in [0.5, 0.6) is 0 Å². The van der Waals surface area contributed by atoms with Crippen LogP contribution in [0.4, 0.5) is 21.9 Å². The van der Waals surface area contributed by atoms with Gasteiger partial charge < -0.3 is 0 Å². The zero-order valence-corrected chi connectivity index (χ0v) is 18.4. The monoisotopic (exact) mass is 420 g/mol. The number of hydrogen-bond acceptors (Lipinski definition) is 2. The summed E-state index contributed by atoms with van der Waals surface area (Å²) in [5, 5.41) is 9.19. The van der Waals surface area contributed by atoms with Crippen LogP contribution < -0.4 is 9.80 Å². The molecule has 0 saturated carbocycles. The molecule has 1 fully saturated rings. The summed E-state index contributed by atoms with van der Waals surface area (Å²) >= 11 is 0. The van der Waals surface area contributed by atoms with Crippen molar-refractivity contribution < 1.29 is 4.79 Å². The molecular formula is C27H24N4O. The number of benzene rings is 3. The molecule has 0 aromatic heterocycles. The van der Waals surface area contributed by atoms with E-state index >= 15 is 0 Å². The summed E-state index contributed by atoms with van der Waals surface area (Å²) in [6.45, 7) is 13.5. The number of hydrogen-bond donors (Lipinski definition) is 0. The fourth-order valence-electron chi connectivity index (χ4n) is 4.57. The molecule has 0 radical (unpaired) electrons. The molecule has 158 valence electrons. The van der Waals surface area contributed by atoms with Crippen molar-refractivity contribution >= 4 is 23.1 Å². The van der Waals surface area contributed by atoms with Gasteiger partial charge in [0.15, 0.2) is 5.69 Å². The summed E-state index contributed by atoms with van der Waals surface area (Å²) in [7, 11) is 0. The minimum Gasteiger partial charge on any atom is -0.286 e. The van der Waals surface area contributed by atoms with Crippen LogP contribution in [0.1, 0.15) is 43.0 Å². The van der Waals surface area contributed by atoms with Crippen LogP contribution >= 0.6 is 0 Å². The zero-order chi connectivity index (χ0) is 22.9. The van der Waals surface area contributed by atoms with Gasteiger partial charge in [-0.1, -0.05) is 48.9 Å². The number of anilines is 2. The average Bonchev–Trinajstić information content (AvgIpc) is 3.06. The van der Waals surface area contributed by atoms with Crippen molar-refractivity contribution in [1.82, 2.24) is 0 Å². The third-order valence-electron chi connectivity index (χ3n) is 6.34. The SMILES string of the molecule is [C-]#[N+]c1ccc(N2C(=O)N(c3ccc(C#N)cc3)[C@](C)(CC)[C@H]2c2cccc(C)c2)cc1. The molecule has 5 heteroatoms. The molecule has 0 aliphatic carbocycles. The van der Waals surface area contributed by atoms with Crippen molar-refractivity contribution in [2.75, 3.05) is 9.80 Å². The van der Waals surface area contributed by atoms with Gasteiger partial charge in [0, 0.05) is 11.4 Å². The molecule has 1 aliphatic heterocycles. The highest BCUT2D eigenvalue weighted by Gasteiger charge is 2.55. The third kappa shape index (κ3) is 3.39. The van der Waals surface area contributed by atoms with Gasteiger partial charge in [-0.15, -0.1) is 0 Å². The Morgan fingerprint density at radius 2 is 1.72 bits per heavy atom. The molecule has 3 aromatic rings. The Labute approximate surface area is 189 Å². The largest absolute Gasteiger partial charge is 0.330 e. The highest BCUT2D eigenvalue weighted by molar-refractivity contribution is 6.08. The maximum Gasteiger partial charge on any atom is 0.330 e. The second-order valence-electron chi connectivity index (χ2n) is 8.30. The molecular weight excluding hydrogens is 396 g/mol. The lowest BCUT2D eigenvalue weighted by atomic mass is 9.83. The lowest BCUT2D eigenvalue weighted by molar-refractivity contribution is 0.254. The van der Waals surface area contributed by atoms with Crippen LogP contribution in [0.25, 0.3) is 4.85 Å². The van der Waals surface area contributed by atoms with Crippen molar-refractivity contribution in [3.05, 3.63) is 101 Å². The molecule has 2 atom stereocenters. The molecule has 1 saturated heterocycles. The summed E-state index contributed by atoms with van der Waals surface area (Å²) in [5.41, 5.74) is 4.27. The van der Waals surface area contributed by atoms with E-state index < -0.39 is 5.54 Å². The van der Waals surface area contributed by atoms with Gasteiger partial charge in [0.2, 0.25) is 0 Å². The van der Waals surface area contributed by atoms with E-state index in [4.69, 9.17) is 6.57 Å². The van der Waals surface area contributed by atoms with Gasteiger partial charge in [-0.25, -0.2) is 9.64 Å². The van der Waals surface area contributed by atoms with E-state index in [1.807, 2.05) is 40.1 Å². The quantitative estimate of drug-likeness (QED) is 0.437. The number of nitriles is 1. The summed E-state index contributed by atoms with van der Waals surface area (Å²) in [4.78, 5) is 21.2. The Bertz CT molecular complexity index is 1230. The summed E-state index contributed by atoms with van der Waals surface area (Å²) in [6.07, 6.45) is 0.730. The minimum absolute atomic E-state index is 0.124. The number of carbonyl (C=O) groups excluding carboxylic acids is 1. The first-order chi connectivity index (χ1) is 15.4. The van der Waals surface area contributed by atoms with Gasteiger partial charge in [-0.05, 0) is 62.2 Å². The van der Waals surface area contributed by atoms with Crippen LogP contribution in [0.2, 0.25) is 0 Å². The lowest BCUT2D eigenvalue weighted by Crippen LogP contribution is -2.45. The zero-order valence-electron chi connectivity index (χ0n) is 18.4. The molecule has 0 bridgehead atoms. The van der Waals surface area contributed by atoms with Crippen LogP contribution in [0.15, 0.2) is 72.8 Å². The predicted molar refractivity (Wildman–Crippen MR) is 127 cm³/mol. The maximum atomic E-state index is 14.0. The first-order valence-electron chi connectivity index (χ1n) is 10.6. The fraction of sp³-hybridized carbons (Fsp3) is 0.222. The Morgan fingerprint density at radius 3 is 2.28 bits per heavy atom. The van der Waals surface area contributed by atoms with E-state index in [2.05, 4.69) is 49.9 Å². The number of urea groups is 1. The normalized spacial score (nSPS) is 20.2. The molecule has 2 amide bonds. The molecule has 5 nitrogen and oxygen atoms in total. The fourth-order valence-corrected chi connectivity index (χ4v) is 4.57. The van der Waals surface area contributed by atoms with Gasteiger partial charge in [-0.3, -0.25) is 9.80 Å². The molecule has 4 rings (SSSR count). The Balaban J connectivity index is 1.92. The average molecular weight is 421 g/mol. The van der Waals surface area contributed by atoms with Crippen molar-refractivity contribution in [3.8, 4) is 6.07 Å². The topological polar surface area (TPSA) is 51.7 Å². The second kappa shape index (κ2) is 8.21. The smallest absolute Gasteiger partial charge is 0.286 e. The predicted octanol–water partition coefficient (Wildman–Crippen LogP) is 6.77. The standard InChI is InChI=1S/C27H24N4O/c1-5-27(3)25(21-8-6-7-19(2)17-21)30(23-15-11-22(29-4)12-16-23)26(32)31(27)24-13-9-20(18-28)10-14-24/h6-17,25H,5H2,1-3H3/t25-,27-/m1/s1. The summed E-state index contributed by atoms with van der Waals surface area (Å²) in [5.74, 6) is 0. The van der Waals surface area contributed by atoms with E-state index in [-0.39, 0.29) is 12.1 Å². The number of nitrogens with zero attached hydrogens (tertiary/aromatic N) is 4. The van der Waals surface area contributed by atoms with Crippen LogP contribution in [0.3, 0.4) is 0 Å². The van der Waals surface area contributed by atoms with Gasteiger partial charge in [0.1, 0.15) is 0 Å². The summed E-state index contributed by atoms with van der Waals surface area (Å²) < 4.78 is 0. The van der Waals surface area contributed by atoms with Gasteiger partial charge in [-0.2, -0.15) is 5.26 Å². The Kier molecular flexibility index (Phi) is 5.43. The highest BCUT2D eigenvalue weighted by Crippen LogP contribution is 2.49. The maximum absolute atomic E-state index is 14.0. The van der Waals surface area contributed by atoms with Gasteiger partial charge >= 0.3 is 6.03 Å². The van der Waals surface area contributed by atoms with E-state index in [9.17, 15) is 10.1 Å². The molecule has 3 aromatic carbocycles. The van der Waals surface area contributed by atoms with Gasteiger partial charge in [0.05, 0.1) is 29.8 Å². The molecule has 0 spiro atoms. The Hall–Kier alpha value is -4.09. The molecule has 32 heavy (non-hydrogen) atoms. The summed E-state index contributed by atoms with van der Waals surface area (Å²) in [6, 6.07) is 24.4. The minimum atomic E-state index is -0.530. The van der Waals surface area contributed by atoms with Crippen LogP contribution in [-0.2, 0) is 0 Å². The van der Waals surface area contributed by atoms with E-state index in [1.54, 1.807) is 24.3 Å². The molecule has 1 heterocycles. The van der Waals surface area contributed by atoms with Crippen molar-refractivity contribution in [2.24, 2.45) is 0 Å². The van der Waals surface area contributed by atoms with E-state index in [0.717, 1.165) is 28.9 Å². The van der Waals surface area contributed by atoms with Crippen molar-refractivity contribution in [3.63, 3.8) is 0 Å². The van der Waals surface area contributed by atoms with Crippen LogP contribution in [-0.4, -0.2) is 11.6 Å². The van der Waals surface area contributed by atoms with Gasteiger partial charge in [0.25, 0.3) is 0 Å².